The molecule has 4 heteroatoms. The molecule has 1 atom stereocenters. The van der Waals surface area contributed by atoms with E-state index in [1.807, 2.05) is 0 Å². The Morgan fingerprint density at radius 1 is 1.44 bits per heavy atom. The number of rotatable bonds is 7. The molecule has 0 aromatic heterocycles. The molecule has 0 radical (unpaired) electrons. The summed E-state index contributed by atoms with van der Waals surface area (Å²) in [7, 11) is 1.42. The average Bonchev–Trinajstić information content (AvgIpc) is 2.69. The van der Waals surface area contributed by atoms with Crippen LogP contribution in [0.15, 0.2) is 0 Å². The number of Topliss-reactive ketones (excluding diaryl/α,β-unsaturated/α-hetero) is 1. The highest BCUT2D eigenvalue weighted by atomic mass is 32.2. The van der Waals surface area contributed by atoms with E-state index in [0.717, 1.165) is 44.3 Å². The van der Waals surface area contributed by atoms with Crippen LogP contribution in [-0.2, 0) is 14.3 Å². The molecule has 1 unspecified atom stereocenters. The highest BCUT2D eigenvalue weighted by Crippen LogP contribution is 2.27. The number of carbonyl (C=O) groups is 2. The second kappa shape index (κ2) is 7.71. The summed E-state index contributed by atoms with van der Waals surface area (Å²) in [6.45, 7) is 0. The van der Waals surface area contributed by atoms with Crippen molar-refractivity contribution in [3.05, 3.63) is 0 Å². The Balaban J connectivity index is 1.92. The number of methoxy groups -OCH3 is 1. The van der Waals surface area contributed by atoms with Crippen LogP contribution < -0.4 is 0 Å². The van der Waals surface area contributed by atoms with Gasteiger partial charge in [0.25, 0.3) is 0 Å². The summed E-state index contributed by atoms with van der Waals surface area (Å²) in [5.41, 5.74) is 0. The summed E-state index contributed by atoms with van der Waals surface area (Å²) < 4.78 is 4.56. The van der Waals surface area contributed by atoms with Crippen molar-refractivity contribution < 1.29 is 14.3 Å². The van der Waals surface area contributed by atoms with Gasteiger partial charge in [-0.15, -0.1) is 0 Å². The normalized spacial score (nSPS) is 20.1. The lowest BCUT2D eigenvalue weighted by Gasteiger charge is -2.06. The minimum Gasteiger partial charge on any atom is -0.469 e. The molecule has 92 valence electrons. The fourth-order valence-electron chi connectivity index (χ4n) is 1.84. The second-order valence-corrected chi connectivity index (χ2v) is 5.42. The van der Waals surface area contributed by atoms with Gasteiger partial charge in [0.05, 0.1) is 12.4 Å². The van der Waals surface area contributed by atoms with Crippen molar-refractivity contribution in [2.75, 3.05) is 12.9 Å². The number of hydrogen-bond acceptors (Lipinski definition) is 4. The van der Waals surface area contributed by atoms with Crippen molar-refractivity contribution in [1.29, 1.82) is 0 Å². The summed E-state index contributed by atoms with van der Waals surface area (Å²) in [6, 6.07) is 0. The molecule has 16 heavy (non-hydrogen) atoms. The van der Waals surface area contributed by atoms with Crippen molar-refractivity contribution in [1.82, 2.24) is 0 Å². The van der Waals surface area contributed by atoms with E-state index in [-0.39, 0.29) is 11.2 Å². The molecule has 0 heterocycles. The highest BCUT2D eigenvalue weighted by molar-refractivity contribution is 8.00. The van der Waals surface area contributed by atoms with E-state index >= 15 is 0 Å². The third-order valence-electron chi connectivity index (χ3n) is 2.82. The molecule has 0 N–H and O–H groups in total. The first-order valence-corrected chi connectivity index (χ1v) is 7.00. The van der Waals surface area contributed by atoms with Crippen LogP contribution in [0.25, 0.3) is 0 Å². The first kappa shape index (κ1) is 13.6. The van der Waals surface area contributed by atoms with E-state index in [4.69, 9.17) is 0 Å². The Kier molecular flexibility index (Phi) is 6.53. The average molecular weight is 244 g/mol. The van der Waals surface area contributed by atoms with E-state index < -0.39 is 0 Å². The molecule has 1 aliphatic carbocycles. The Morgan fingerprint density at radius 3 is 2.88 bits per heavy atom. The minimum atomic E-state index is -0.126. The van der Waals surface area contributed by atoms with Crippen LogP contribution in [0.1, 0.15) is 44.9 Å². The second-order valence-electron chi connectivity index (χ2n) is 4.10. The summed E-state index contributed by atoms with van der Waals surface area (Å²) in [4.78, 5) is 22.2. The molecule has 0 aliphatic heterocycles. The van der Waals surface area contributed by atoms with Gasteiger partial charge in [0.15, 0.2) is 0 Å². The fourth-order valence-corrected chi connectivity index (χ4v) is 3.13. The summed E-state index contributed by atoms with van der Waals surface area (Å²) in [5, 5.41) is 0.264. The first-order chi connectivity index (χ1) is 7.74. The van der Waals surface area contributed by atoms with E-state index in [0.29, 0.717) is 12.2 Å². The quantitative estimate of drug-likeness (QED) is 0.510. The third-order valence-corrected chi connectivity index (χ3v) is 4.25. The smallest absolute Gasteiger partial charge is 0.305 e. The SMILES string of the molecule is COC(=O)CCCCCSC1CCCC1=O. The van der Waals surface area contributed by atoms with Crippen molar-refractivity contribution in [2.45, 2.75) is 50.2 Å². The number of unbranched alkanes of at least 4 members (excludes halogenated alkanes) is 2. The van der Waals surface area contributed by atoms with Gasteiger partial charge in [-0.2, -0.15) is 11.8 Å². The maximum atomic E-state index is 11.3. The van der Waals surface area contributed by atoms with Crippen molar-refractivity contribution in [3.63, 3.8) is 0 Å². The van der Waals surface area contributed by atoms with Crippen molar-refractivity contribution in [3.8, 4) is 0 Å². The first-order valence-electron chi connectivity index (χ1n) is 5.95. The highest BCUT2D eigenvalue weighted by Gasteiger charge is 2.23. The van der Waals surface area contributed by atoms with Crippen LogP contribution in [0.5, 0.6) is 0 Å². The molecular formula is C12H20O3S. The Bertz CT molecular complexity index is 240. The number of esters is 1. The molecule has 0 bridgehead atoms. The fraction of sp³-hybridized carbons (Fsp3) is 0.833. The zero-order valence-corrected chi connectivity index (χ0v) is 10.7. The molecule has 0 amide bonds. The van der Waals surface area contributed by atoms with Gasteiger partial charge in [-0.25, -0.2) is 0 Å². The number of ether oxygens (including phenoxy) is 1. The predicted molar refractivity (Wildman–Crippen MR) is 65.6 cm³/mol. The summed E-state index contributed by atoms with van der Waals surface area (Å²) >= 11 is 1.79. The molecule has 3 nitrogen and oxygen atoms in total. The topological polar surface area (TPSA) is 43.4 Å². The van der Waals surface area contributed by atoms with Gasteiger partial charge >= 0.3 is 5.97 Å². The van der Waals surface area contributed by atoms with Gasteiger partial charge < -0.3 is 4.74 Å². The standard InChI is InChI=1S/C12H20O3S/c1-15-12(14)8-3-2-4-9-16-11-7-5-6-10(11)13/h11H,2-9H2,1H3. The van der Waals surface area contributed by atoms with E-state index in [9.17, 15) is 9.59 Å². The van der Waals surface area contributed by atoms with Crippen LogP contribution in [0.3, 0.4) is 0 Å². The third kappa shape index (κ3) is 5.01. The molecule has 0 spiro atoms. The molecular weight excluding hydrogens is 224 g/mol. The number of thioether (sulfide) groups is 1. The molecule has 1 rings (SSSR count). The zero-order valence-electron chi connectivity index (χ0n) is 9.87. The van der Waals surface area contributed by atoms with Crippen LogP contribution in [0, 0.1) is 0 Å². The maximum absolute atomic E-state index is 11.3. The molecule has 1 aliphatic rings. The minimum absolute atomic E-state index is 0.126. The van der Waals surface area contributed by atoms with Gasteiger partial charge in [0.2, 0.25) is 0 Å². The molecule has 1 saturated carbocycles. The molecule has 0 aromatic carbocycles. The van der Waals surface area contributed by atoms with Gasteiger partial charge in [0.1, 0.15) is 5.78 Å². The van der Waals surface area contributed by atoms with Crippen LogP contribution in [-0.4, -0.2) is 29.9 Å². The van der Waals surface area contributed by atoms with Gasteiger partial charge in [-0.1, -0.05) is 6.42 Å². The number of carbonyl (C=O) groups excluding carboxylic acids is 2. The van der Waals surface area contributed by atoms with Gasteiger partial charge in [0, 0.05) is 12.8 Å². The summed E-state index contributed by atoms with van der Waals surface area (Å²) in [5.74, 6) is 1.34. The zero-order chi connectivity index (χ0) is 11.8. The number of ketones is 1. The molecule has 0 saturated heterocycles. The molecule has 0 aromatic rings. The van der Waals surface area contributed by atoms with Crippen LogP contribution in [0.2, 0.25) is 0 Å². The maximum Gasteiger partial charge on any atom is 0.305 e. The van der Waals surface area contributed by atoms with Crippen molar-refractivity contribution >= 4 is 23.5 Å². The monoisotopic (exact) mass is 244 g/mol. The predicted octanol–water partition coefficient (Wildman–Crippen LogP) is 2.57. The summed E-state index contributed by atoms with van der Waals surface area (Å²) in [6.07, 6.45) is 6.45. The lowest BCUT2D eigenvalue weighted by molar-refractivity contribution is -0.140. The largest absolute Gasteiger partial charge is 0.469 e. The van der Waals surface area contributed by atoms with E-state index in [1.54, 1.807) is 11.8 Å². The van der Waals surface area contributed by atoms with Gasteiger partial charge in [-0.3, -0.25) is 9.59 Å². The lowest BCUT2D eigenvalue weighted by Crippen LogP contribution is -2.08. The Labute approximate surface area is 101 Å². The van der Waals surface area contributed by atoms with Crippen LogP contribution in [0.4, 0.5) is 0 Å². The van der Waals surface area contributed by atoms with Crippen molar-refractivity contribution in [2.24, 2.45) is 0 Å². The van der Waals surface area contributed by atoms with Gasteiger partial charge in [-0.05, 0) is 31.4 Å². The van der Waals surface area contributed by atoms with E-state index in [2.05, 4.69) is 4.74 Å². The van der Waals surface area contributed by atoms with Crippen LogP contribution >= 0.6 is 11.8 Å². The van der Waals surface area contributed by atoms with E-state index in [1.165, 1.54) is 7.11 Å². The molecule has 1 fully saturated rings. The number of hydrogen-bond donors (Lipinski definition) is 0. The lowest BCUT2D eigenvalue weighted by atomic mass is 10.2. The Morgan fingerprint density at radius 2 is 2.25 bits per heavy atom. The Hall–Kier alpha value is -0.510.